The van der Waals surface area contributed by atoms with Crippen LogP contribution >= 0.6 is 0 Å². The first-order valence-electron chi connectivity index (χ1n) is 15.1. The van der Waals surface area contributed by atoms with Gasteiger partial charge in [0.15, 0.2) is 0 Å². The van der Waals surface area contributed by atoms with Crippen LogP contribution in [0.3, 0.4) is 0 Å². The Labute approximate surface area is 263 Å². The van der Waals surface area contributed by atoms with E-state index in [0.717, 1.165) is 82.6 Å². The molecule has 0 amide bonds. The number of aromatic hydroxyl groups is 1. The fourth-order valence-corrected chi connectivity index (χ4v) is 4.37. The lowest BCUT2D eigenvalue weighted by molar-refractivity contribution is -0.137. The lowest BCUT2D eigenvalue weighted by Gasteiger charge is -2.14. The summed E-state index contributed by atoms with van der Waals surface area (Å²) in [5.41, 5.74) is 1.94. The van der Waals surface area contributed by atoms with Crippen LogP contribution in [0.5, 0.6) is 5.75 Å². The van der Waals surface area contributed by atoms with E-state index in [1.165, 1.54) is 30.2 Å². The third kappa shape index (κ3) is 16.3. The second-order valence-corrected chi connectivity index (χ2v) is 10.5. The Bertz CT molecular complexity index is 1280. The van der Waals surface area contributed by atoms with Crippen molar-refractivity contribution in [3.8, 4) is 5.75 Å². The zero-order valence-electron chi connectivity index (χ0n) is 25.4. The van der Waals surface area contributed by atoms with Crippen LogP contribution in [0.4, 0.5) is 13.2 Å². The first-order valence-corrected chi connectivity index (χ1v) is 15.1. The van der Waals surface area contributed by atoms with Crippen molar-refractivity contribution < 1.29 is 43.1 Å². The van der Waals surface area contributed by atoms with Gasteiger partial charge in [-0.05, 0) is 85.7 Å². The van der Waals surface area contributed by atoms with Gasteiger partial charge in [-0.3, -0.25) is 0 Å². The molecule has 0 bridgehead atoms. The number of unbranched alkanes of at least 4 members (excludes halogenated alkanes) is 4. The van der Waals surface area contributed by atoms with E-state index in [1.807, 2.05) is 0 Å². The Kier molecular flexibility index (Phi) is 17.6. The van der Waals surface area contributed by atoms with Crippen molar-refractivity contribution in [3.63, 3.8) is 0 Å². The number of nitrogens with one attached hydrogen (secondary N) is 1. The summed E-state index contributed by atoms with van der Waals surface area (Å²) in [5.74, 6) is -1.15. The van der Waals surface area contributed by atoms with Crippen molar-refractivity contribution in [3.05, 3.63) is 107 Å². The van der Waals surface area contributed by atoms with Crippen LogP contribution in [0.2, 0.25) is 0 Å². The molecule has 0 aromatic heterocycles. The van der Waals surface area contributed by atoms with E-state index in [2.05, 4.69) is 35.6 Å². The van der Waals surface area contributed by atoms with Gasteiger partial charge in [-0.1, -0.05) is 61.4 Å². The molecular weight excluding hydrogens is 587 g/mol. The smallest absolute Gasteiger partial charge is 0.416 e. The van der Waals surface area contributed by atoms with Crippen LogP contribution in [0, 0.1) is 0 Å². The maximum absolute atomic E-state index is 12.2. The molecule has 0 aliphatic heterocycles. The van der Waals surface area contributed by atoms with E-state index in [9.17, 15) is 33.3 Å². The summed E-state index contributed by atoms with van der Waals surface area (Å²) in [5, 5.41) is 40.6. The third-order valence-corrected chi connectivity index (χ3v) is 6.87. The fourth-order valence-electron chi connectivity index (χ4n) is 4.37. The molecule has 0 aliphatic carbocycles. The summed E-state index contributed by atoms with van der Waals surface area (Å²) >= 11 is 0. The number of hydrogen-bond acceptors (Lipinski definition) is 6. The number of aliphatic hydroxyl groups excluding tert-OH is 2. The van der Waals surface area contributed by atoms with Crippen LogP contribution in [0.15, 0.2) is 78.9 Å². The minimum Gasteiger partial charge on any atom is -0.508 e. The highest BCUT2D eigenvalue weighted by atomic mass is 19.4. The highest BCUT2D eigenvalue weighted by Gasteiger charge is 2.30. The van der Waals surface area contributed by atoms with Gasteiger partial charge >= 0.3 is 12.1 Å². The average Bonchev–Trinajstić information content (AvgIpc) is 3.03. The Morgan fingerprint density at radius 1 is 0.889 bits per heavy atom. The summed E-state index contributed by atoms with van der Waals surface area (Å²) in [4.78, 5) is 10.1. The normalized spacial score (nSPS) is 12.1. The standard InChI is InChI=1S/C25H37NO4.C10H7F3O2/c27-20-23-18-22(13-14-24(23)28)25(29)19-26-15-7-1-2-8-16-30-17-9-6-12-21-10-4-3-5-11-21;11-10(12,13)8-3-1-2-7(6-8)4-5-9(14)15/h3-5,10-11,13-14,18,25-29H,1-2,6-9,12,15-17,19-20H2;1-6H,(H,14,15)/b;5-4+. The predicted octanol–water partition coefficient (Wildman–Crippen LogP) is 6.91. The van der Waals surface area contributed by atoms with Crippen LogP contribution in [0.1, 0.15) is 72.4 Å². The van der Waals surface area contributed by atoms with Gasteiger partial charge < -0.3 is 30.5 Å². The van der Waals surface area contributed by atoms with Crippen molar-refractivity contribution in [2.75, 3.05) is 26.3 Å². The number of aliphatic hydroxyl groups is 2. The number of aryl methyl sites for hydroxylation is 1. The predicted molar refractivity (Wildman–Crippen MR) is 169 cm³/mol. The molecule has 1 atom stereocenters. The molecule has 246 valence electrons. The van der Waals surface area contributed by atoms with Crippen LogP contribution in [-0.2, 0) is 28.7 Å². The second-order valence-electron chi connectivity index (χ2n) is 10.5. The number of carbonyl (C=O) groups is 1. The second kappa shape index (κ2) is 21.1. The first-order chi connectivity index (χ1) is 21.6. The van der Waals surface area contributed by atoms with E-state index in [-0.39, 0.29) is 17.9 Å². The zero-order valence-corrected chi connectivity index (χ0v) is 25.4. The molecule has 45 heavy (non-hydrogen) atoms. The topological polar surface area (TPSA) is 119 Å². The molecule has 10 heteroatoms. The van der Waals surface area contributed by atoms with Gasteiger partial charge in [-0.15, -0.1) is 0 Å². The van der Waals surface area contributed by atoms with E-state index in [4.69, 9.17) is 9.84 Å². The quantitative estimate of drug-likeness (QED) is 0.0765. The first kappa shape index (κ1) is 37.5. The van der Waals surface area contributed by atoms with Gasteiger partial charge in [0, 0.05) is 31.4 Å². The number of phenols is 1. The Morgan fingerprint density at radius 2 is 1.60 bits per heavy atom. The molecule has 0 radical (unpaired) electrons. The minimum absolute atomic E-state index is 0.0533. The Hall–Kier alpha value is -3.70. The lowest BCUT2D eigenvalue weighted by atomic mass is 10.1. The number of aliphatic carboxylic acids is 1. The summed E-state index contributed by atoms with van der Waals surface area (Å²) in [6, 6.07) is 19.9. The van der Waals surface area contributed by atoms with Gasteiger partial charge in [-0.2, -0.15) is 13.2 Å². The molecule has 0 fully saturated rings. The fraction of sp³-hybridized carbons (Fsp3) is 0.400. The maximum Gasteiger partial charge on any atom is 0.416 e. The van der Waals surface area contributed by atoms with Crippen LogP contribution in [0.25, 0.3) is 6.08 Å². The number of hydrogen-bond donors (Lipinski definition) is 5. The van der Waals surface area contributed by atoms with Gasteiger partial charge in [0.1, 0.15) is 5.75 Å². The van der Waals surface area contributed by atoms with E-state index in [1.54, 1.807) is 12.1 Å². The Morgan fingerprint density at radius 3 is 2.29 bits per heavy atom. The summed E-state index contributed by atoms with van der Waals surface area (Å²) in [6.45, 7) is 2.77. The molecule has 0 heterocycles. The van der Waals surface area contributed by atoms with E-state index in [0.29, 0.717) is 17.7 Å². The number of halogens is 3. The summed E-state index contributed by atoms with van der Waals surface area (Å²) < 4.78 is 42.4. The molecule has 1 unspecified atom stereocenters. The monoisotopic (exact) mass is 631 g/mol. The number of benzene rings is 3. The van der Waals surface area contributed by atoms with Crippen molar-refractivity contribution in [1.29, 1.82) is 0 Å². The van der Waals surface area contributed by atoms with Crippen molar-refractivity contribution in [2.24, 2.45) is 0 Å². The van der Waals surface area contributed by atoms with E-state index >= 15 is 0 Å². The van der Waals surface area contributed by atoms with E-state index < -0.39 is 23.8 Å². The summed E-state index contributed by atoms with van der Waals surface area (Å²) in [6.07, 6.45) is 4.72. The Balaban J connectivity index is 0.000000394. The third-order valence-electron chi connectivity index (χ3n) is 6.87. The van der Waals surface area contributed by atoms with Crippen LogP contribution < -0.4 is 5.32 Å². The summed E-state index contributed by atoms with van der Waals surface area (Å²) in [7, 11) is 0. The zero-order chi connectivity index (χ0) is 32.9. The molecule has 7 nitrogen and oxygen atoms in total. The van der Waals surface area contributed by atoms with Gasteiger partial charge in [0.05, 0.1) is 18.3 Å². The number of carboxylic acids is 1. The molecule has 3 rings (SSSR count). The lowest BCUT2D eigenvalue weighted by Crippen LogP contribution is -2.22. The van der Waals surface area contributed by atoms with Crippen molar-refractivity contribution in [2.45, 2.75) is 63.8 Å². The molecule has 3 aromatic rings. The van der Waals surface area contributed by atoms with Gasteiger partial charge in [0.2, 0.25) is 0 Å². The van der Waals surface area contributed by atoms with Gasteiger partial charge in [0.25, 0.3) is 0 Å². The SMILES string of the molecule is O=C(O)/C=C/c1cccc(C(F)(F)F)c1.OCc1cc(C(O)CNCCCCCCOCCCCc2ccccc2)ccc1O. The van der Waals surface area contributed by atoms with Gasteiger partial charge in [-0.25, -0.2) is 4.79 Å². The molecule has 5 N–H and O–H groups in total. The molecule has 0 saturated carbocycles. The number of ether oxygens (including phenoxy) is 1. The average molecular weight is 632 g/mol. The molecular formula is C35H44F3NO6. The number of alkyl halides is 3. The molecule has 0 saturated heterocycles. The van der Waals surface area contributed by atoms with Crippen LogP contribution in [-0.4, -0.2) is 52.7 Å². The molecule has 0 spiro atoms. The van der Waals surface area contributed by atoms with Crippen molar-refractivity contribution in [1.82, 2.24) is 5.32 Å². The molecule has 3 aromatic carbocycles. The number of rotatable bonds is 18. The highest BCUT2D eigenvalue weighted by Crippen LogP contribution is 2.29. The largest absolute Gasteiger partial charge is 0.508 e. The minimum atomic E-state index is -4.41. The maximum atomic E-state index is 12.2. The molecule has 0 aliphatic rings. The highest BCUT2D eigenvalue weighted by molar-refractivity contribution is 5.85. The number of carboxylic acid groups (broad SMARTS) is 1. The van der Waals surface area contributed by atoms with Crippen molar-refractivity contribution >= 4 is 12.0 Å².